The maximum Gasteiger partial charge on any atom is 0.151 e. The summed E-state index contributed by atoms with van der Waals surface area (Å²) < 4.78 is 10.9. The van der Waals surface area contributed by atoms with Gasteiger partial charge in [-0.05, 0) is 37.9 Å². The quantitative estimate of drug-likeness (QED) is 0.719. The van der Waals surface area contributed by atoms with Crippen molar-refractivity contribution in [3.63, 3.8) is 0 Å². The maximum absolute atomic E-state index is 5.46. The molecule has 0 bridgehead atoms. The zero-order valence-corrected chi connectivity index (χ0v) is 12.5. The van der Waals surface area contributed by atoms with Crippen molar-refractivity contribution in [3.8, 4) is 0 Å². The Morgan fingerprint density at radius 3 is 2.90 bits per heavy atom. The van der Waals surface area contributed by atoms with Gasteiger partial charge in [0.1, 0.15) is 5.76 Å². The molecular weight excluding hydrogens is 266 g/mol. The van der Waals surface area contributed by atoms with E-state index in [2.05, 4.69) is 28.4 Å². The Morgan fingerprint density at radius 2 is 2.19 bits per heavy atom. The number of nitrogens with one attached hydrogen (secondary N) is 1. The molecule has 21 heavy (non-hydrogen) atoms. The Kier molecular flexibility index (Phi) is 4.72. The van der Waals surface area contributed by atoms with Crippen LogP contribution in [0.25, 0.3) is 0 Å². The molecular formula is C16H23N3O2. The summed E-state index contributed by atoms with van der Waals surface area (Å²) in [6.45, 7) is 5.57. The molecule has 2 aromatic rings. The summed E-state index contributed by atoms with van der Waals surface area (Å²) in [7, 11) is 0. The Labute approximate surface area is 125 Å². The van der Waals surface area contributed by atoms with E-state index in [4.69, 9.17) is 8.94 Å². The van der Waals surface area contributed by atoms with Gasteiger partial charge in [-0.3, -0.25) is 4.90 Å². The number of hydrogen-bond donors (Lipinski definition) is 1. The van der Waals surface area contributed by atoms with E-state index in [9.17, 15) is 0 Å². The second kappa shape index (κ2) is 6.91. The van der Waals surface area contributed by atoms with E-state index in [1.165, 1.54) is 12.8 Å². The molecule has 2 heterocycles. The molecule has 0 radical (unpaired) electrons. The molecule has 0 aliphatic heterocycles. The summed E-state index contributed by atoms with van der Waals surface area (Å²) >= 11 is 0. The van der Waals surface area contributed by atoms with Crippen LogP contribution in [0.1, 0.15) is 43.4 Å². The van der Waals surface area contributed by atoms with Gasteiger partial charge < -0.3 is 14.3 Å². The van der Waals surface area contributed by atoms with Crippen LogP contribution < -0.4 is 5.32 Å². The van der Waals surface area contributed by atoms with Crippen molar-refractivity contribution >= 4 is 0 Å². The Bertz CT molecular complexity index is 531. The molecule has 114 valence electrons. The SMILES string of the molecule is CCCNCc1cc(CN(Cc2ccco2)C2CC2)on1. The van der Waals surface area contributed by atoms with Crippen molar-refractivity contribution in [2.24, 2.45) is 0 Å². The fourth-order valence-electron chi connectivity index (χ4n) is 2.46. The van der Waals surface area contributed by atoms with Crippen molar-refractivity contribution in [1.82, 2.24) is 15.4 Å². The zero-order chi connectivity index (χ0) is 14.5. The molecule has 1 N–H and O–H groups in total. The van der Waals surface area contributed by atoms with Crippen molar-refractivity contribution in [1.29, 1.82) is 0 Å². The Balaban J connectivity index is 1.55. The van der Waals surface area contributed by atoms with E-state index in [0.717, 1.165) is 49.8 Å². The monoisotopic (exact) mass is 289 g/mol. The third-order valence-electron chi connectivity index (χ3n) is 3.70. The number of nitrogens with zero attached hydrogens (tertiary/aromatic N) is 2. The molecule has 1 saturated carbocycles. The molecule has 0 atom stereocenters. The van der Waals surface area contributed by atoms with Crippen molar-refractivity contribution in [2.45, 2.75) is 51.9 Å². The van der Waals surface area contributed by atoms with Crippen LogP contribution in [-0.4, -0.2) is 22.6 Å². The molecule has 5 nitrogen and oxygen atoms in total. The van der Waals surface area contributed by atoms with Gasteiger partial charge >= 0.3 is 0 Å². The van der Waals surface area contributed by atoms with Crippen LogP contribution in [0.2, 0.25) is 0 Å². The van der Waals surface area contributed by atoms with Gasteiger partial charge in [0.25, 0.3) is 0 Å². The first kappa shape index (κ1) is 14.4. The zero-order valence-electron chi connectivity index (χ0n) is 12.5. The average Bonchev–Trinajstić information content (AvgIpc) is 3.03. The van der Waals surface area contributed by atoms with Gasteiger partial charge in [-0.15, -0.1) is 0 Å². The van der Waals surface area contributed by atoms with Gasteiger partial charge in [0.15, 0.2) is 5.76 Å². The van der Waals surface area contributed by atoms with Gasteiger partial charge in [-0.2, -0.15) is 0 Å². The normalized spacial score (nSPS) is 15.0. The molecule has 5 heteroatoms. The highest BCUT2D eigenvalue weighted by atomic mass is 16.5. The standard InChI is InChI=1S/C16H23N3O2/c1-2-7-17-10-13-9-16(21-18-13)12-19(14-5-6-14)11-15-4-3-8-20-15/h3-4,8-9,14,17H,2,5-7,10-12H2,1H3. The predicted octanol–water partition coefficient (Wildman–Crippen LogP) is 2.93. The minimum atomic E-state index is 0.655. The second-order valence-electron chi connectivity index (χ2n) is 5.68. The second-order valence-corrected chi connectivity index (χ2v) is 5.68. The molecule has 0 unspecified atom stereocenters. The Morgan fingerprint density at radius 1 is 1.33 bits per heavy atom. The summed E-state index contributed by atoms with van der Waals surface area (Å²) in [5, 5.41) is 7.47. The van der Waals surface area contributed by atoms with E-state index in [-0.39, 0.29) is 0 Å². The molecule has 0 aromatic carbocycles. The number of rotatable bonds is 9. The molecule has 1 fully saturated rings. The van der Waals surface area contributed by atoms with Gasteiger partial charge in [-0.1, -0.05) is 12.1 Å². The van der Waals surface area contributed by atoms with E-state index in [1.54, 1.807) is 6.26 Å². The summed E-state index contributed by atoms with van der Waals surface area (Å²) in [4.78, 5) is 2.41. The molecule has 1 aliphatic rings. The average molecular weight is 289 g/mol. The lowest BCUT2D eigenvalue weighted by molar-refractivity contribution is 0.199. The summed E-state index contributed by atoms with van der Waals surface area (Å²) in [5.41, 5.74) is 0.979. The molecule has 3 rings (SSSR count). The van der Waals surface area contributed by atoms with Crippen molar-refractivity contribution < 1.29 is 8.94 Å². The van der Waals surface area contributed by atoms with E-state index in [1.807, 2.05) is 12.1 Å². The first-order valence-electron chi connectivity index (χ1n) is 7.76. The fourth-order valence-corrected chi connectivity index (χ4v) is 2.46. The van der Waals surface area contributed by atoms with E-state index in [0.29, 0.717) is 6.04 Å². The minimum absolute atomic E-state index is 0.655. The third kappa shape index (κ3) is 4.19. The predicted molar refractivity (Wildman–Crippen MR) is 79.5 cm³/mol. The lowest BCUT2D eigenvalue weighted by Gasteiger charge is -2.18. The van der Waals surface area contributed by atoms with Crippen LogP contribution in [0.5, 0.6) is 0 Å². The van der Waals surface area contributed by atoms with Crippen LogP contribution >= 0.6 is 0 Å². The molecule has 0 spiro atoms. The summed E-state index contributed by atoms with van der Waals surface area (Å²) in [5.74, 6) is 1.94. The van der Waals surface area contributed by atoms with Gasteiger partial charge in [0.2, 0.25) is 0 Å². The maximum atomic E-state index is 5.46. The topological polar surface area (TPSA) is 54.4 Å². The smallest absolute Gasteiger partial charge is 0.151 e. The first-order valence-corrected chi connectivity index (χ1v) is 7.76. The highest BCUT2D eigenvalue weighted by Crippen LogP contribution is 2.30. The molecule has 2 aromatic heterocycles. The Hall–Kier alpha value is -1.59. The van der Waals surface area contributed by atoms with Crippen LogP contribution in [0.3, 0.4) is 0 Å². The molecule has 1 aliphatic carbocycles. The highest BCUT2D eigenvalue weighted by Gasteiger charge is 2.30. The van der Waals surface area contributed by atoms with Gasteiger partial charge in [-0.25, -0.2) is 0 Å². The molecule has 0 amide bonds. The lowest BCUT2D eigenvalue weighted by Crippen LogP contribution is -2.24. The minimum Gasteiger partial charge on any atom is -0.468 e. The number of hydrogen-bond acceptors (Lipinski definition) is 5. The largest absolute Gasteiger partial charge is 0.468 e. The van der Waals surface area contributed by atoms with Gasteiger partial charge in [0.05, 0.1) is 25.0 Å². The van der Waals surface area contributed by atoms with Crippen LogP contribution in [-0.2, 0) is 19.6 Å². The van der Waals surface area contributed by atoms with E-state index < -0.39 is 0 Å². The third-order valence-corrected chi connectivity index (χ3v) is 3.70. The summed E-state index contributed by atoms with van der Waals surface area (Å²) in [6, 6.07) is 6.67. The number of furan rings is 1. The summed E-state index contributed by atoms with van der Waals surface area (Å²) in [6.07, 6.45) is 5.38. The highest BCUT2D eigenvalue weighted by molar-refractivity contribution is 5.07. The van der Waals surface area contributed by atoms with Crippen LogP contribution in [0.15, 0.2) is 33.4 Å². The fraction of sp³-hybridized carbons (Fsp3) is 0.562. The number of aromatic nitrogens is 1. The van der Waals surface area contributed by atoms with E-state index >= 15 is 0 Å². The van der Waals surface area contributed by atoms with Crippen molar-refractivity contribution in [3.05, 3.63) is 41.7 Å². The first-order chi connectivity index (χ1) is 10.3. The lowest BCUT2D eigenvalue weighted by atomic mass is 10.3. The van der Waals surface area contributed by atoms with Crippen molar-refractivity contribution in [2.75, 3.05) is 6.54 Å². The van der Waals surface area contributed by atoms with Crippen LogP contribution in [0, 0.1) is 0 Å². The van der Waals surface area contributed by atoms with Gasteiger partial charge in [0, 0.05) is 18.7 Å². The van der Waals surface area contributed by atoms with Crippen LogP contribution in [0.4, 0.5) is 0 Å². The molecule has 0 saturated heterocycles.